The number of carboxylic acid groups (broad SMARTS) is 1. The van der Waals surface area contributed by atoms with Gasteiger partial charge in [-0.3, -0.25) is 19.3 Å². The zero-order valence-electron chi connectivity index (χ0n) is 18.3. The Morgan fingerprint density at radius 1 is 1.36 bits per heavy atom. The molecule has 4 rings (SSSR count). The van der Waals surface area contributed by atoms with E-state index in [9.17, 15) is 29.5 Å². The average Bonchev–Trinajstić information content (AvgIpc) is 3.48. The number of carboxylic acids is 1. The number of nitrogens with two attached hydrogens (primary N) is 1. The third-order valence-electron chi connectivity index (χ3n) is 4.92. The van der Waals surface area contributed by atoms with Crippen LogP contribution in [0.3, 0.4) is 0 Å². The molecular weight excluding hydrogens is 553 g/mol. The topological polar surface area (TPSA) is 213 Å². The monoisotopic (exact) mass is 570 g/mol. The highest BCUT2D eigenvalue weighted by atomic mass is 32.2. The van der Waals surface area contributed by atoms with Gasteiger partial charge in [0.05, 0.1) is 6.54 Å². The lowest BCUT2D eigenvalue weighted by Gasteiger charge is -2.49. The smallest absolute Gasteiger partial charge is 0.352 e. The second-order valence-corrected chi connectivity index (χ2v) is 11.6. The number of hydrogen-bond donors (Lipinski definition) is 5. The van der Waals surface area contributed by atoms with E-state index in [-0.39, 0.29) is 34.7 Å². The first-order chi connectivity index (χ1) is 17.2. The van der Waals surface area contributed by atoms with Gasteiger partial charge in [-0.15, -0.1) is 33.3 Å². The Balaban J connectivity index is 1.42. The molecule has 2 aromatic rings. The Morgan fingerprint density at radius 2 is 2.14 bits per heavy atom. The predicted octanol–water partition coefficient (Wildman–Crippen LogP) is -0.0779. The van der Waals surface area contributed by atoms with Crippen molar-refractivity contribution in [2.75, 3.05) is 17.2 Å². The molecule has 2 atom stereocenters. The molecule has 0 saturated carbocycles. The fourth-order valence-electron chi connectivity index (χ4n) is 3.33. The van der Waals surface area contributed by atoms with Crippen LogP contribution in [0.25, 0.3) is 0 Å². The van der Waals surface area contributed by atoms with Crippen LogP contribution in [-0.4, -0.2) is 82.7 Å². The number of oxime groups is 1. The molecule has 2 aliphatic rings. The highest BCUT2D eigenvalue weighted by Crippen LogP contribution is 2.41. The number of amides is 3. The van der Waals surface area contributed by atoms with E-state index in [2.05, 4.69) is 31.0 Å². The Bertz CT molecular complexity index is 1290. The minimum atomic E-state index is -1.26. The van der Waals surface area contributed by atoms with Gasteiger partial charge in [0.2, 0.25) is 5.91 Å². The lowest BCUT2D eigenvalue weighted by atomic mass is 10.0. The zero-order chi connectivity index (χ0) is 26.0. The lowest BCUT2D eigenvalue weighted by Crippen LogP contribution is -2.71. The van der Waals surface area contributed by atoms with Crippen LogP contribution in [0.15, 0.2) is 26.1 Å². The largest absolute Gasteiger partial charge is 0.477 e. The van der Waals surface area contributed by atoms with E-state index in [0.29, 0.717) is 20.7 Å². The average molecular weight is 571 g/mol. The fourth-order valence-corrected chi connectivity index (χ4v) is 7.20. The molecule has 0 radical (unpaired) electrons. The van der Waals surface area contributed by atoms with Gasteiger partial charge >= 0.3 is 5.97 Å². The molecule has 1 saturated heterocycles. The number of carbonyl (C=O) groups is 4. The molecule has 14 nitrogen and oxygen atoms in total. The summed E-state index contributed by atoms with van der Waals surface area (Å²) in [5, 5.41) is 36.8. The summed E-state index contributed by atoms with van der Waals surface area (Å²) >= 11 is 4.92. The summed E-state index contributed by atoms with van der Waals surface area (Å²) in [5.74, 6) is -2.29. The van der Waals surface area contributed by atoms with Crippen LogP contribution in [0.4, 0.5) is 5.13 Å². The van der Waals surface area contributed by atoms with Gasteiger partial charge in [-0.05, 0) is 5.57 Å². The number of nitrogens with one attached hydrogen (secondary N) is 2. The summed E-state index contributed by atoms with van der Waals surface area (Å²) in [5.41, 5.74) is 5.60. The number of nitrogens with zero attached hydrogens (tertiary/aromatic N) is 5. The number of aliphatic carboxylic acids is 1. The quantitative estimate of drug-likeness (QED) is 0.0880. The molecule has 3 amide bonds. The molecule has 4 heterocycles. The molecule has 0 spiro atoms. The maximum absolute atomic E-state index is 12.9. The number of β-lactam (4-membered cyclic amide) rings is 1. The fraction of sp³-hybridized carbons (Fsp3) is 0.333. The standard InChI is InChI=1S/C18H18N8O6S4/c1-6(27)20-2-9-23-24-18(36-9)35-4-7-3-33-15-11(14(29)26(15)12(7)16(30)31)22-13(28)10(25-32)8-5-34-17(19)21-8/h5,11,15,32H,2-4H2,1H3,(H2,19,21)(H,20,27)(H,22,28)(H,30,31)/b25-10-/t11-,15-/m1/s1. The van der Waals surface area contributed by atoms with Crippen molar-refractivity contribution in [3.8, 4) is 0 Å². The number of rotatable bonds is 9. The summed E-state index contributed by atoms with van der Waals surface area (Å²) in [6.07, 6.45) is 0. The normalized spacial score (nSPS) is 19.5. The van der Waals surface area contributed by atoms with E-state index in [1.54, 1.807) is 0 Å². The maximum Gasteiger partial charge on any atom is 0.352 e. The van der Waals surface area contributed by atoms with Crippen molar-refractivity contribution in [2.45, 2.75) is 29.2 Å². The van der Waals surface area contributed by atoms with Crippen molar-refractivity contribution >= 4 is 80.7 Å². The second-order valence-electron chi connectivity index (χ2n) is 7.30. The van der Waals surface area contributed by atoms with Crippen molar-refractivity contribution < 1.29 is 29.5 Å². The lowest BCUT2D eigenvalue weighted by molar-refractivity contribution is -0.150. The van der Waals surface area contributed by atoms with Gasteiger partial charge in [-0.1, -0.05) is 28.3 Å². The molecule has 18 heteroatoms. The van der Waals surface area contributed by atoms with Crippen LogP contribution in [0.2, 0.25) is 0 Å². The molecule has 1 fully saturated rings. The minimum Gasteiger partial charge on any atom is -0.477 e. The van der Waals surface area contributed by atoms with Crippen LogP contribution in [0.1, 0.15) is 17.6 Å². The highest BCUT2D eigenvalue weighted by Gasteiger charge is 2.54. The van der Waals surface area contributed by atoms with Crippen molar-refractivity contribution in [2.24, 2.45) is 5.16 Å². The number of thioether (sulfide) groups is 2. The maximum atomic E-state index is 12.9. The van der Waals surface area contributed by atoms with Crippen LogP contribution in [0, 0.1) is 0 Å². The number of aromatic nitrogens is 3. The van der Waals surface area contributed by atoms with Gasteiger partial charge in [-0.25, -0.2) is 9.78 Å². The summed E-state index contributed by atoms with van der Waals surface area (Å²) in [4.78, 5) is 53.6. The van der Waals surface area contributed by atoms with Crippen LogP contribution in [0.5, 0.6) is 0 Å². The van der Waals surface area contributed by atoms with Gasteiger partial charge < -0.3 is 26.7 Å². The van der Waals surface area contributed by atoms with Crippen LogP contribution < -0.4 is 16.4 Å². The molecule has 0 unspecified atom stereocenters. The Morgan fingerprint density at radius 3 is 2.78 bits per heavy atom. The highest BCUT2D eigenvalue weighted by molar-refractivity contribution is 8.01. The van der Waals surface area contributed by atoms with Crippen molar-refractivity contribution in [3.63, 3.8) is 0 Å². The summed E-state index contributed by atoms with van der Waals surface area (Å²) in [6, 6.07) is -1.00. The number of thiazole rings is 1. The van der Waals surface area contributed by atoms with E-state index < -0.39 is 34.9 Å². The molecule has 6 N–H and O–H groups in total. The third kappa shape index (κ3) is 5.30. The SMILES string of the molecule is CC(=O)NCc1nnc(SCC2=C(C(=O)O)N3C(=O)[C@@H](NC(=O)/C(=N\O)c4csc(N)n4)[C@H]3SC2)s1. The molecule has 2 aliphatic heterocycles. The van der Waals surface area contributed by atoms with Gasteiger partial charge in [-0.2, -0.15) is 0 Å². The molecule has 0 aliphatic carbocycles. The molecule has 36 heavy (non-hydrogen) atoms. The van der Waals surface area contributed by atoms with E-state index >= 15 is 0 Å². The molecule has 190 valence electrons. The number of anilines is 1. The first-order valence-corrected chi connectivity index (χ1v) is 13.8. The number of carbonyl (C=O) groups excluding carboxylic acids is 3. The molecular formula is C18H18N8O6S4. The minimum absolute atomic E-state index is 0.0553. The predicted molar refractivity (Wildman–Crippen MR) is 133 cm³/mol. The first-order valence-electron chi connectivity index (χ1n) is 10.0. The third-order valence-corrected chi connectivity index (χ3v) is 9.08. The summed E-state index contributed by atoms with van der Waals surface area (Å²) in [6.45, 7) is 1.65. The van der Waals surface area contributed by atoms with Gasteiger partial charge in [0, 0.05) is 23.8 Å². The van der Waals surface area contributed by atoms with Crippen molar-refractivity contribution in [1.29, 1.82) is 0 Å². The second kappa shape index (κ2) is 10.8. The summed E-state index contributed by atoms with van der Waals surface area (Å²) < 4.78 is 0.596. The van der Waals surface area contributed by atoms with Gasteiger partial charge in [0.1, 0.15) is 27.8 Å². The number of fused-ring (bicyclic) bond motifs is 1. The van der Waals surface area contributed by atoms with Gasteiger partial charge in [0.15, 0.2) is 15.2 Å². The first kappa shape index (κ1) is 25.9. The Labute approximate surface area is 219 Å². The molecule has 0 aromatic carbocycles. The van der Waals surface area contributed by atoms with E-state index in [1.165, 1.54) is 47.2 Å². The van der Waals surface area contributed by atoms with Gasteiger partial charge in [0.25, 0.3) is 11.8 Å². The Kier molecular flexibility index (Phi) is 7.76. The van der Waals surface area contributed by atoms with E-state index in [0.717, 1.165) is 16.2 Å². The Hall–Kier alpha value is -3.22. The zero-order valence-corrected chi connectivity index (χ0v) is 21.6. The van der Waals surface area contributed by atoms with Crippen LogP contribution >= 0.6 is 46.2 Å². The van der Waals surface area contributed by atoms with E-state index in [1.807, 2.05) is 0 Å². The molecule has 0 bridgehead atoms. The van der Waals surface area contributed by atoms with Crippen LogP contribution in [-0.2, 0) is 25.7 Å². The number of nitrogen functional groups attached to an aromatic ring is 1. The number of hydrogen-bond acceptors (Lipinski definition) is 14. The van der Waals surface area contributed by atoms with E-state index in [4.69, 9.17) is 5.73 Å². The summed E-state index contributed by atoms with van der Waals surface area (Å²) in [7, 11) is 0. The van der Waals surface area contributed by atoms with Crippen molar-refractivity contribution in [1.82, 2.24) is 30.7 Å². The molecule has 2 aromatic heterocycles. The van der Waals surface area contributed by atoms with Crippen molar-refractivity contribution in [3.05, 3.63) is 27.4 Å².